The van der Waals surface area contributed by atoms with Crippen molar-refractivity contribution in [2.24, 2.45) is 0 Å². The second kappa shape index (κ2) is 13.0. The second-order valence-electron chi connectivity index (χ2n) is 10.2. The third-order valence-corrected chi connectivity index (χ3v) is 7.26. The van der Waals surface area contributed by atoms with Crippen molar-refractivity contribution in [1.82, 2.24) is 5.32 Å². The predicted molar refractivity (Wildman–Crippen MR) is 156 cm³/mol. The van der Waals surface area contributed by atoms with Crippen LogP contribution in [0.4, 0.5) is 32.0 Å². The molecule has 0 bridgehead atoms. The zero-order chi connectivity index (χ0) is 32.2. The van der Waals surface area contributed by atoms with E-state index in [4.69, 9.17) is 9.47 Å². The number of hydrogen-bond acceptors (Lipinski definition) is 5. The quantitative estimate of drug-likeness (QED) is 0.114. The average Bonchev–Trinajstić information content (AvgIpc) is 3.02. The monoisotopic (exact) mass is 628 g/mol. The number of nitro benzene ring substituents is 1. The number of para-hydroxylation sites is 2. The van der Waals surface area contributed by atoms with Crippen molar-refractivity contribution in [3.63, 3.8) is 0 Å². The van der Waals surface area contributed by atoms with Crippen molar-refractivity contribution in [3.05, 3.63) is 129 Å². The van der Waals surface area contributed by atoms with Crippen LogP contribution in [0.3, 0.4) is 0 Å². The molecule has 1 N–H and O–H groups in total. The van der Waals surface area contributed by atoms with Crippen LogP contribution >= 0.6 is 0 Å². The summed E-state index contributed by atoms with van der Waals surface area (Å²) in [4.78, 5) is 11.0. The lowest BCUT2D eigenvalue weighted by molar-refractivity contribution is -0.384. The van der Waals surface area contributed by atoms with E-state index in [1.807, 2.05) is 6.08 Å². The van der Waals surface area contributed by atoms with Gasteiger partial charge in [0.2, 0.25) is 0 Å². The van der Waals surface area contributed by atoms with E-state index in [0.717, 1.165) is 17.7 Å². The number of non-ortho nitro benzene ring substituents is 1. The van der Waals surface area contributed by atoms with Gasteiger partial charge in [0.05, 0.1) is 16.1 Å². The highest BCUT2D eigenvalue weighted by Crippen LogP contribution is 2.40. The van der Waals surface area contributed by atoms with Crippen molar-refractivity contribution in [1.29, 1.82) is 0 Å². The molecule has 45 heavy (non-hydrogen) atoms. The first kappa shape index (κ1) is 31.6. The molecule has 0 amide bonds. The van der Waals surface area contributed by atoms with Gasteiger partial charge in [0.25, 0.3) is 5.69 Å². The van der Waals surface area contributed by atoms with E-state index in [2.05, 4.69) is 5.32 Å². The molecule has 0 atom stereocenters. The van der Waals surface area contributed by atoms with Crippen molar-refractivity contribution >= 4 is 11.3 Å². The Morgan fingerprint density at radius 1 is 0.733 bits per heavy atom. The van der Waals surface area contributed by atoms with Crippen LogP contribution in [0.25, 0.3) is 16.7 Å². The molecule has 0 fully saturated rings. The molecule has 234 valence electrons. The molecule has 0 aliphatic carbocycles. The molecule has 12 heteroatoms. The van der Waals surface area contributed by atoms with E-state index in [-0.39, 0.29) is 24.7 Å². The molecule has 5 rings (SSSR count). The summed E-state index contributed by atoms with van der Waals surface area (Å²) in [6, 6.07) is 18.6. The number of nitro groups is 1. The molecule has 0 radical (unpaired) electrons. The minimum absolute atomic E-state index is 0.219. The first-order chi connectivity index (χ1) is 21.4. The summed E-state index contributed by atoms with van der Waals surface area (Å²) in [6.45, 7) is 0.541. The molecule has 0 saturated heterocycles. The number of ether oxygens (including phenoxy) is 2. The van der Waals surface area contributed by atoms with Crippen LogP contribution in [0.1, 0.15) is 34.2 Å². The summed E-state index contributed by atoms with van der Waals surface area (Å²) in [5.74, 6) is -0.767. The Morgan fingerprint density at radius 2 is 1.29 bits per heavy atom. The first-order valence-electron chi connectivity index (χ1n) is 13.8. The van der Waals surface area contributed by atoms with E-state index in [1.165, 1.54) is 54.6 Å². The van der Waals surface area contributed by atoms with E-state index in [9.17, 15) is 36.5 Å². The minimum atomic E-state index is -4.67. The van der Waals surface area contributed by atoms with Crippen LogP contribution in [-0.2, 0) is 25.6 Å². The van der Waals surface area contributed by atoms with Gasteiger partial charge in [-0.15, -0.1) is 0 Å². The fourth-order valence-electron chi connectivity index (χ4n) is 5.11. The minimum Gasteiger partial charge on any atom is -0.488 e. The lowest BCUT2D eigenvalue weighted by atomic mass is 9.89. The second-order valence-corrected chi connectivity index (χ2v) is 10.2. The van der Waals surface area contributed by atoms with Gasteiger partial charge in [0.15, 0.2) is 0 Å². The maximum absolute atomic E-state index is 13.7. The van der Waals surface area contributed by atoms with Gasteiger partial charge in [-0.25, -0.2) is 0 Å². The van der Waals surface area contributed by atoms with Gasteiger partial charge in [-0.2, -0.15) is 26.3 Å². The third kappa shape index (κ3) is 7.46. The van der Waals surface area contributed by atoms with Crippen molar-refractivity contribution in [2.45, 2.75) is 32.0 Å². The Morgan fingerprint density at radius 3 is 1.82 bits per heavy atom. The Bertz CT molecular complexity index is 1730. The molecule has 1 heterocycles. The van der Waals surface area contributed by atoms with Gasteiger partial charge in [-0.1, -0.05) is 42.5 Å². The Hall–Kier alpha value is -4.84. The number of hydrogen-bond donors (Lipinski definition) is 1. The molecule has 0 spiro atoms. The third-order valence-electron chi connectivity index (χ3n) is 7.26. The van der Waals surface area contributed by atoms with Crippen molar-refractivity contribution in [2.75, 3.05) is 13.1 Å². The summed E-state index contributed by atoms with van der Waals surface area (Å²) in [6.07, 6.45) is -6.83. The largest absolute Gasteiger partial charge is 0.488 e. The molecular weight excluding hydrogens is 602 g/mol. The van der Waals surface area contributed by atoms with Crippen LogP contribution in [-0.4, -0.2) is 18.0 Å². The molecule has 1 aliphatic rings. The average molecular weight is 629 g/mol. The molecule has 4 aromatic rings. The van der Waals surface area contributed by atoms with Crippen molar-refractivity contribution in [3.8, 4) is 22.6 Å². The Labute approximate surface area is 254 Å². The zero-order valence-electron chi connectivity index (χ0n) is 23.5. The van der Waals surface area contributed by atoms with E-state index in [0.29, 0.717) is 47.3 Å². The molecule has 6 nitrogen and oxygen atoms in total. The Balaban J connectivity index is 1.62. The molecule has 0 saturated carbocycles. The summed E-state index contributed by atoms with van der Waals surface area (Å²) in [5, 5.41) is 14.8. The summed E-state index contributed by atoms with van der Waals surface area (Å²) < 4.78 is 93.5. The lowest BCUT2D eigenvalue weighted by Gasteiger charge is -2.22. The summed E-state index contributed by atoms with van der Waals surface area (Å²) in [7, 11) is 0. The van der Waals surface area contributed by atoms with Crippen molar-refractivity contribution < 1.29 is 40.7 Å². The van der Waals surface area contributed by atoms with Crippen LogP contribution < -0.4 is 14.8 Å². The van der Waals surface area contributed by atoms with Gasteiger partial charge in [0, 0.05) is 18.7 Å². The van der Waals surface area contributed by atoms with Gasteiger partial charge < -0.3 is 14.8 Å². The fraction of sp³-hybridized carbons (Fsp3) is 0.212. The highest BCUT2D eigenvalue weighted by Gasteiger charge is 2.35. The van der Waals surface area contributed by atoms with Crippen LogP contribution in [0, 0.1) is 10.1 Å². The molecule has 1 aliphatic heterocycles. The predicted octanol–water partition coefficient (Wildman–Crippen LogP) is 8.83. The van der Waals surface area contributed by atoms with Gasteiger partial charge in [-0.3, -0.25) is 10.1 Å². The number of nitrogens with one attached hydrogen (secondary N) is 1. The molecule has 0 unspecified atom stereocenters. The van der Waals surface area contributed by atoms with Gasteiger partial charge >= 0.3 is 12.4 Å². The Kier molecular flexibility index (Phi) is 9.14. The maximum atomic E-state index is 13.7. The summed E-state index contributed by atoms with van der Waals surface area (Å²) in [5.41, 5.74) is 1.03. The molecular formula is C33H26F6N2O4. The zero-order valence-corrected chi connectivity index (χ0v) is 23.5. The first-order valence-corrected chi connectivity index (χ1v) is 13.8. The maximum Gasteiger partial charge on any atom is 0.419 e. The van der Waals surface area contributed by atoms with Crippen LogP contribution in [0.2, 0.25) is 0 Å². The smallest absolute Gasteiger partial charge is 0.419 e. The lowest BCUT2D eigenvalue weighted by Crippen LogP contribution is -2.20. The van der Waals surface area contributed by atoms with Gasteiger partial charge in [0.1, 0.15) is 24.7 Å². The van der Waals surface area contributed by atoms with Gasteiger partial charge in [-0.05, 0) is 82.8 Å². The normalized spacial score (nSPS) is 13.7. The highest BCUT2D eigenvalue weighted by molar-refractivity contribution is 5.77. The molecule has 4 aromatic carbocycles. The number of rotatable bonds is 9. The van der Waals surface area contributed by atoms with Crippen LogP contribution in [0.5, 0.6) is 11.5 Å². The van der Waals surface area contributed by atoms with E-state index < -0.39 is 34.2 Å². The van der Waals surface area contributed by atoms with E-state index in [1.54, 1.807) is 18.2 Å². The SMILES string of the molecule is O=[N+]([O-])c1cccc(-c2cc(COc3ccccc3C(F)(F)F)c(C3=CCNCC3)cc2COc2ccccc2C(F)(F)F)c1. The fourth-order valence-corrected chi connectivity index (χ4v) is 5.11. The standard InChI is InChI=1S/C33H26F6N2O4/c34-32(35,36)28-8-1-3-10-30(28)44-19-23-18-27(22-6-5-7-25(16-22)41(42)43)24(17-26(23)21-12-14-40-15-13-21)20-45-31-11-4-2-9-29(31)33(37,38)39/h1-12,16-18,40H,13-15,19-20H2. The topological polar surface area (TPSA) is 73.6 Å². The number of halogens is 6. The number of alkyl halides is 6. The number of nitrogens with zero attached hydrogens (tertiary/aromatic N) is 1. The highest BCUT2D eigenvalue weighted by atomic mass is 19.4. The van der Waals surface area contributed by atoms with E-state index >= 15 is 0 Å². The van der Waals surface area contributed by atoms with Crippen LogP contribution in [0.15, 0.2) is 91.0 Å². The summed E-state index contributed by atoms with van der Waals surface area (Å²) >= 11 is 0. The number of benzene rings is 4. The molecule has 0 aromatic heterocycles.